The second kappa shape index (κ2) is 5.46. The van der Waals surface area contributed by atoms with E-state index in [2.05, 4.69) is 24.1 Å². The molecule has 2 atom stereocenters. The van der Waals surface area contributed by atoms with Crippen molar-refractivity contribution in [2.75, 3.05) is 26.3 Å². The Morgan fingerprint density at radius 1 is 1.38 bits per heavy atom. The third kappa shape index (κ3) is 3.17. The zero-order chi connectivity index (χ0) is 11.5. The molecule has 16 heavy (non-hydrogen) atoms. The highest BCUT2D eigenvalue weighted by Crippen LogP contribution is 2.36. The number of halogens is 1. The van der Waals surface area contributed by atoms with Gasteiger partial charge in [0, 0.05) is 31.7 Å². The summed E-state index contributed by atoms with van der Waals surface area (Å²) in [6.07, 6.45) is 3.91. The van der Waals surface area contributed by atoms with Crippen molar-refractivity contribution in [3.8, 4) is 0 Å². The van der Waals surface area contributed by atoms with E-state index in [1.807, 2.05) is 0 Å². The minimum absolute atomic E-state index is 0.197. The predicted molar refractivity (Wildman–Crippen MR) is 65.3 cm³/mol. The Labute approximate surface area is 98.6 Å². The first-order valence-electron chi connectivity index (χ1n) is 6.74. The van der Waals surface area contributed by atoms with Gasteiger partial charge in [0.25, 0.3) is 0 Å². The van der Waals surface area contributed by atoms with E-state index in [1.54, 1.807) is 0 Å². The van der Waals surface area contributed by atoms with Gasteiger partial charge in [0.2, 0.25) is 0 Å². The maximum absolute atomic E-state index is 12.6. The van der Waals surface area contributed by atoms with Gasteiger partial charge in [0.15, 0.2) is 0 Å². The molecule has 1 saturated carbocycles. The number of piperazine rings is 1. The van der Waals surface area contributed by atoms with Crippen LogP contribution in [0.5, 0.6) is 0 Å². The molecule has 0 bridgehead atoms. The largest absolute Gasteiger partial charge is 0.311 e. The third-order valence-corrected chi connectivity index (χ3v) is 3.83. The lowest BCUT2D eigenvalue weighted by molar-refractivity contribution is 0.100. The van der Waals surface area contributed by atoms with Crippen LogP contribution in [0.3, 0.4) is 0 Å². The zero-order valence-corrected chi connectivity index (χ0v) is 10.6. The molecule has 0 aromatic carbocycles. The van der Waals surface area contributed by atoms with Crippen LogP contribution in [0.15, 0.2) is 0 Å². The number of hydrogen-bond acceptors (Lipinski definition) is 2. The monoisotopic (exact) mass is 228 g/mol. The average molecular weight is 228 g/mol. The van der Waals surface area contributed by atoms with Crippen LogP contribution in [-0.2, 0) is 0 Å². The van der Waals surface area contributed by atoms with Crippen molar-refractivity contribution in [1.82, 2.24) is 10.2 Å². The lowest BCUT2D eigenvalue weighted by Crippen LogP contribution is -2.57. The van der Waals surface area contributed by atoms with Crippen molar-refractivity contribution in [2.45, 2.75) is 45.2 Å². The summed E-state index contributed by atoms with van der Waals surface area (Å²) in [4.78, 5) is 2.39. The van der Waals surface area contributed by atoms with Crippen LogP contribution < -0.4 is 5.32 Å². The molecule has 1 saturated heterocycles. The van der Waals surface area contributed by atoms with E-state index in [0.29, 0.717) is 18.6 Å². The van der Waals surface area contributed by atoms with Gasteiger partial charge in [0.05, 0.1) is 0 Å². The number of hydrogen-bond donors (Lipinski definition) is 1. The van der Waals surface area contributed by atoms with Gasteiger partial charge in [-0.2, -0.15) is 0 Å². The van der Waals surface area contributed by atoms with Crippen LogP contribution in [0.2, 0.25) is 0 Å². The molecule has 1 heterocycles. The highest BCUT2D eigenvalue weighted by Gasteiger charge is 2.38. The van der Waals surface area contributed by atoms with Crippen molar-refractivity contribution in [2.24, 2.45) is 11.8 Å². The van der Waals surface area contributed by atoms with Crippen LogP contribution in [0.4, 0.5) is 4.39 Å². The lowest BCUT2D eigenvalue weighted by Gasteiger charge is -2.41. The van der Waals surface area contributed by atoms with Crippen molar-refractivity contribution in [1.29, 1.82) is 0 Å². The van der Waals surface area contributed by atoms with E-state index < -0.39 is 0 Å². The third-order valence-electron chi connectivity index (χ3n) is 3.83. The van der Waals surface area contributed by atoms with Crippen molar-refractivity contribution < 1.29 is 4.39 Å². The van der Waals surface area contributed by atoms with E-state index in [-0.39, 0.29) is 6.67 Å². The standard InChI is InChI=1S/C13H25FN2/c1-10(2)7-12-9-16(6-5-14)13(8-15-12)11-3-4-11/h10-13,15H,3-9H2,1-2H3. The summed E-state index contributed by atoms with van der Waals surface area (Å²) in [5.41, 5.74) is 0. The normalized spacial score (nSPS) is 32.2. The second-order valence-electron chi connectivity index (χ2n) is 5.82. The first-order valence-corrected chi connectivity index (χ1v) is 6.74. The van der Waals surface area contributed by atoms with E-state index in [1.165, 1.54) is 19.3 Å². The number of rotatable bonds is 5. The van der Waals surface area contributed by atoms with Crippen LogP contribution >= 0.6 is 0 Å². The molecule has 0 aromatic rings. The van der Waals surface area contributed by atoms with Gasteiger partial charge in [-0.3, -0.25) is 4.90 Å². The van der Waals surface area contributed by atoms with E-state index >= 15 is 0 Å². The van der Waals surface area contributed by atoms with Crippen molar-refractivity contribution in [3.63, 3.8) is 0 Å². The van der Waals surface area contributed by atoms with E-state index in [4.69, 9.17) is 0 Å². The molecular weight excluding hydrogens is 203 g/mol. The van der Waals surface area contributed by atoms with Gasteiger partial charge < -0.3 is 5.32 Å². The van der Waals surface area contributed by atoms with Crippen molar-refractivity contribution >= 4 is 0 Å². The molecule has 1 aliphatic heterocycles. The SMILES string of the molecule is CC(C)CC1CN(CCF)C(C2CC2)CN1. The van der Waals surface area contributed by atoms with Crippen LogP contribution in [0, 0.1) is 11.8 Å². The molecule has 94 valence electrons. The van der Waals surface area contributed by atoms with Gasteiger partial charge in [-0.25, -0.2) is 4.39 Å². The molecule has 0 radical (unpaired) electrons. The molecule has 2 rings (SSSR count). The first kappa shape index (κ1) is 12.3. The summed E-state index contributed by atoms with van der Waals surface area (Å²) in [7, 11) is 0. The minimum Gasteiger partial charge on any atom is -0.311 e. The fourth-order valence-electron chi connectivity index (χ4n) is 2.94. The van der Waals surface area contributed by atoms with E-state index in [0.717, 1.165) is 24.9 Å². The molecule has 2 nitrogen and oxygen atoms in total. The Bertz CT molecular complexity index is 216. The van der Waals surface area contributed by atoms with Gasteiger partial charge in [0.1, 0.15) is 6.67 Å². The van der Waals surface area contributed by atoms with Crippen molar-refractivity contribution in [3.05, 3.63) is 0 Å². The van der Waals surface area contributed by atoms with Crippen LogP contribution in [0.25, 0.3) is 0 Å². The lowest BCUT2D eigenvalue weighted by atomic mass is 9.98. The smallest absolute Gasteiger partial charge is 0.102 e. The highest BCUT2D eigenvalue weighted by atomic mass is 19.1. The Balaban J connectivity index is 1.86. The fourth-order valence-corrected chi connectivity index (χ4v) is 2.94. The van der Waals surface area contributed by atoms with Gasteiger partial charge in [-0.15, -0.1) is 0 Å². The zero-order valence-electron chi connectivity index (χ0n) is 10.6. The molecule has 2 unspecified atom stereocenters. The Hall–Kier alpha value is -0.150. The molecular formula is C13H25FN2. The average Bonchev–Trinajstić information content (AvgIpc) is 3.01. The second-order valence-corrected chi connectivity index (χ2v) is 5.82. The Kier molecular flexibility index (Phi) is 4.20. The summed E-state index contributed by atoms with van der Waals surface area (Å²) in [5, 5.41) is 3.65. The molecule has 0 aromatic heterocycles. The topological polar surface area (TPSA) is 15.3 Å². The summed E-state index contributed by atoms with van der Waals surface area (Å²) in [5.74, 6) is 1.57. The Morgan fingerprint density at radius 3 is 2.69 bits per heavy atom. The van der Waals surface area contributed by atoms with Crippen LogP contribution in [0.1, 0.15) is 33.1 Å². The predicted octanol–water partition coefficient (Wildman–Crippen LogP) is 2.05. The first-order chi connectivity index (χ1) is 7.70. The number of nitrogens with zero attached hydrogens (tertiary/aromatic N) is 1. The van der Waals surface area contributed by atoms with Gasteiger partial charge in [-0.05, 0) is 31.1 Å². The maximum atomic E-state index is 12.6. The van der Waals surface area contributed by atoms with E-state index in [9.17, 15) is 4.39 Å². The molecule has 3 heteroatoms. The highest BCUT2D eigenvalue weighted by molar-refractivity contribution is 4.95. The van der Waals surface area contributed by atoms with Gasteiger partial charge >= 0.3 is 0 Å². The fraction of sp³-hybridized carbons (Fsp3) is 1.00. The molecule has 0 spiro atoms. The number of nitrogens with one attached hydrogen (secondary N) is 1. The maximum Gasteiger partial charge on any atom is 0.102 e. The quantitative estimate of drug-likeness (QED) is 0.775. The molecule has 0 amide bonds. The molecule has 2 fully saturated rings. The molecule has 1 aliphatic carbocycles. The van der Waals surface area contributed by atoms with Gasteiger partial charge in [-0.1, -0.05) is 13.8 Å². The summed E-state index contributed by atoms with van der Waals surface area (Å²) >= 11 is 0. The number of alkyl halides is 1. The summed E-state index contributed by atoms with van der Waals surface area (Å²) in [6.45, 7) is 7.07. The summed E-state index contributed by atoms with van der Waals surface area (Å²) in [6, 6.07) is 1.18. The minimum atomic E-state index is -0.197. The summed E-state index contributed by atoms with van der Waals surface area (Å²) < 4.78 is 12.6. The van der Waals surface area contributed by atoms with Crippen LogP contribution in [-0.4, -0.2) is 43.3 Å². The molecule has 2 aliphatic rings. The molecule has 1 N–H and O–H groups in total. The Morgan fingerprint density at radius 2 is 2.12 bits per heavy atom.